The molecule has 2 rings (SSSR count). The molecule has 88 valence electrons. The smallest absolute Gasteiger partial charge is 0.0407 e. The van der Waals surface area contributed by atoms with E-state index in [1.807, 2.05) is 24.3 Å². The average molecular weight is 246 g/mol. The molecule has 0 aliphatic rings. The second kappa shape index (κ2) is 5.24. The van der Waals surface area contributed by atoms with E-state index in [0.29, 0.717) is 0 Å². The van der Waals surface area contributed by atoms with Crippen LogP contribution >= 0.6 is 11.6 Å². The molecule has 0 fully saturated rings. The average Bonchev–Trinajstić information content (AvgIpc) is 2.27. The van der Waals surface area contributed by atoms with Crippen LogP contribution in [0.2, 0.25) is 5.02 Å². The summed E-state index contributed by atoms with van der Waals surface area (Å²) in [4.78, 5) is 0. The van der Waals surface area contributed by atoms with Crippen molar-refractivity contribution in [2.75, 3.05) is 5.32 Å². The van der Waals surface area contributed by atoms with Crippen LogP contribution in [0.3, 0.4) is 0 Å². The highest BCUT2D eigenvalue weighted by molar-refractivity contribution is 6.30. The Balaban J connectivity index is 2.04. The molecule has 0 radical (unpaired) electrons. The Kier molecular flexibility index (Phi) is 3.70. The predicted molar refractivity (Wildman–Crippen MR) is 74.7 cm³/mol. The minimum Gasteiger partial charge on any atom is -0.381 e. The van der Waals surface area contributed by atoms with Crippen molar-refractivity contribution in [2.24, 2.45) is 0 Å². The lowest BCUT2D eigenvalue weighted by molar-refractivity contribution is 1.13. The summed E-state index contributed by atoms with van der Waals surface area (Å²) in [6.45, 7) is 5.09. The van der Waals surface area contributed by atoms with Gasteiger partial charge >= 0.3 is 0 Å². The van der Waals surface area contributed by atoms with Crippen LogP contribution in [-0.4, -0.2) is 0 Å². The molecule has 0 aliphatic carbocycles. The lowest BCUT2D eigenvalue weighted by atomic mass is 10.1. The Hall–Kier alpha value is -1.47. The van der Waals surface area contributed by atoms with Gasteiger partial charge in [0.15, 0.2) is 0 Å². The minimum absolute atomic E-state index is 0.766. The van der Waals surface area contributed by atoms with Crippen LogP contribution in [0, 0.1) is 13.8 Å². The molecule has 1 N–H and O–H groups in total. The molecule has 0 unspecified atom stereocenters. The Labute approximate surface area is 107 Å². The lowest BCUT2D eigenvalue weighted by Gasteiger charge is -2.08. The Morgan fingerprint density at radius 1 is 0.941 bits per heavy atom. The molecule has 0 heterocycles. The highest BCUT2D eigenvalue weighted by atomic mass is 35.5. The zero-order chi connectivity index (χ0) is 12.3. The molecule has 0 bridgehead atoms. The maximum Gasteiger partial charge on any atom is 0.0407 e. The molecule has 0 amide bonds. The van der Waals surface area contributed by atoms with E-state index in [1.54, 1.807) is 0 Å². The first-order valence-electron chi connectivity index (χ1n) is 5.70. The summed E-state index contributed by atoms with van der Waals surface area (Å²) in [6, 6.07) is 14.4. The van der Waals surface area contributed by atoms with Crippen molar-refractivity contribution in [1.29, 1.82) is 0 Å². The number of halogens is 1. The molecule has 1 nitrogen and oxygen atoms in total. The number of anilines is 1. The van der Waals surface area contributed by atoms with E-state index >= 15 is 0 Å². The summed E-state index contributed by atoms with van der Waals surface area (Å²) in [7, 11) is 0. The summed E-state index contributed by atoms with van der Waals surface area (Å²) in [6.07, 6.45) is 0. The van der Waals surface area contributed by atoms with Crippen molar-refractivity contribution in [3.8, 4) is 0 Å². The van der Waals surface area contributed by atoms with Gasteiger partial charge in [0.25, 0.3) is 0 Å². The molecule has 2 aromatic rings. The van der Waals surface area contributed by atoms with Gasteiger partial charge in [-0.3, -0.25) is 0 Å². The largest absolute Gasteiger partial charge is 0.381 e. The fourth-order valence-electron chi connectivity index (χ4n) is 1.94. The normalized spacial score (nSPS) is 10.3. The topological polar surface area (TPSA) is 12.0 Å². The van der Waals surface area contributed by atoms with Crippen molar-refractivity contribution < 1.29 is 0 Å². The van der Waals surface area contributed by atoms with Gasteiger partial charge in [-0.1, -0.05) is 40.9 Å². The number of rotatable bonds is 3. The quantitative estimate of drug-likeness (QED) is 0.835. The predicted octanol–water partition coefficient (Wildman–Crippen LogP) is 4.57. The van der Waals surface area contributed by atoms with Crippen molar-refractivity contribution in [2.45, 2.75) is 20.4 Å². The molecule has 0 saturated carbocycles. The van der Waals surface area contributed by atoms with E-state index < -0.39 is 0 Å². The van der Waals surface area contributed by atoms with Crippen LogP contribution in [-0.2, 0) is 6.54 Å². The highest BCUT2D eigenvalue weighted by Gasteiger charge is 1.97. The van der Waals surface area contributed by atoms with Crippen molar-refractivity contribution in [3.05, 3.63) is 64.2 Å². The van der Waals surface area contributed by atoms with Crippen LogP contribution in [0.25, 0.3) is 0 Å². The van der Waals surface area contributed by atoms with Crippen molar-refractivity contribution in [3.63, 3.8) is 0 Å². The van der Waals surface area contributed by atoms with Gasteiger partial charge in [-0.25, -0.2) is 0 Å². The maximum atomic E-state index is 5.84. The fourth-order valence-corrected chi connectivity index (χ4v) is 2.07. The highest BCUT2D eigenvalue weighted by Crippen LogP contribution is 2.15. The summed E-state index contributed by atoms with van der Waals surface area (Å²) in [5, 5.41) is 4.15. The van der Waals surface area contributed by atoms with E-state index in [0.717, 1.165) is 17.3 Å². The molecule has 0 aliphatic heterocycles. The monoisotopic (exact) mass is 245 g/mol. The molecule has 0 aromatic heterocycles. The van der Waals surface area contributed by atoms with Crippen molar-refractivity contribution in [1.82, 2.24) is 0 Å². The second-order valence-electron chi connectivity index (χ2n) is 4.36. The summed E-state index contributed by atoms with van der Waals surface area (Å²) in [5.74, 6) is 0. The minimum atomic E-state index is 0.766. The molecule has 0 atom stereocenters. The van der Waals surface area contributed by atoms with Gasteiger partial charge < -0.3 is 5.32 Å². The van der Waals surface area contributed by atoms with E-state index in [2.05, 4.69) is 37.4 Å². The second-order valence-corrected chi connectivity index (χ2v) is 4.79. The van der Waals surface area contributed by atoms with Gasteiger partial charge in [-0.05, 0) is 43.7 Å². The Bertz CT molecular complexity index is 483. The van der Waals surface area contributed by atoms with Gasteiger partial charge in [-0.15, -0.1) is 0 Å². The summed E-state index contributed by atoms with van der Waals surface area (Å²) in [5.41, 5.74) is 5.00. The number of aryl methyl sites for hydroxylation is 2. The fraction of sp³-hybridized carbons (Fsp3) is 0.200. The molecule has 17 heavy (non-hydrogen) atoms. The van der Waals surface area contributed by atoms with E-state index in [1.165, 1.54) is 16.7 Å². The van der Waals surface area contributed by atoms with Crippen molar-refractivity contribution >= 4 is 17.3 Å². The lowest BCUT2D eigenvalue weighted by Crippen LogP contribution is -1.99. The number of nitrogens with one attached hydrogen (secondary N) is 1. The third-order valence-corrected chi connectivity index (χ3v) is 2.87. The van der Waals surface area contributed by atoms with Crippen LogP contribution in [0.4, 0.5) is 5.69 Å². The molecule has 2 heteroatoms. The summed E-state index contributed by atoms with van der Waals surface area (Å²) < 4.78 is 0. The van der Waals surface area contributed by atoms with E-state index in [4.69, 9.17) is 11.6 Å². The van der Waals surface area contributed by atoms with Crippen LogP contribution in [0.1, 0.15) is 16.7 Å². The number of benzene rings is 2. The maximum absolute atomic E-state index is 5.84. The first kappa shape index (κ1) is 12.0. The molecular weight excluding hydrogens is 230 g/mol. The van der Waals surface area contributed by atoms with Crippen LogP contribution < -0.4 is 5.32 Å². The SMILES string of the molecule is Cc1cc(C)cc(CNc2ccc(Cl)cc2)c1. The molecule has 2 aromatic carbocycles. The van der Waals surface area contributed by atoms with Gasteiger partial charge in [-0.2, -0.15) is 0 Å². The van der Waals surface area contributed by atoms with Crippen LogP contribution in [0.5, 0.6) is 0 Å². The molecule has 0 spiro atoms. The third-order valence-electron chi connectivity index (χ3n) is 2.62. The zero-order valence-corrected chi connectivity index (χ0v) is 10.9. The van der Waals surface area contributed by atoms with E-state index in [9.17, 15) is 0 Å². The summed E-state index contributed by atoms with van der Waals surface area (Å²) >= 11 is 5.84. The molecule has 0 saturated heterocycles. The zero-order valence-electron chi connectivity index (χ0n) is 10.1. The standard InChI is InChI=1S/C15H16ClN/c1-11-7-12(2)9-13(8-11)10-17-15-5-3-14(16)4-6-15/h3-9,17H,10H2,1-2H3. The van der Waals surface area contributed by atoms with E-state index in [-0.39, 0.29) is 0 Å². The molecular formula is C15H16ClN. The first-order valence-corrected chi connectivity index (χ1v) is 6.08. The third kappa shape index (κ3) is 3.50. The Morgan fingerprint density at radius 3 is 2.12 bits per heavy atom. The van der Waals surface area contributed by atoms with Crippen LogP contribution in [0.15, 0.2) is 42.5 Å². The Morgan fingerprint density at radius 2 is 1.53 bits per heavy atom. The van der Waals surface area contributed by atoms with Gasteiger partial charge in [0.05, 0.1) is 0 Å². The van der Waals surface area contributed by atoms with Gasteiger partial charge in [0.2, 0.25) is 0 Å². The first-order chi connectivity index (χ1) is 8.13. The van der Waals surface area contributed by atoms with Gasteiger partial charge in [0.1, 0.15) is 0 Å². The van der Waals surface area contributed by atoms with Gasteiger partial charge in [0, 0.05) is 17.3 Å². The number of hydrogen-bond acceptors (Lipinski definition) is 1. The number of hydrogen-bond donors (Lipinski definition) is 1.